The van der Waals surface area contributed by atoms with E-state index < -0.39 is 17.0 Å². The lowest BCUT2D eigenvalue weighted by atomic mass is 9.77. The SMILES string of the molecule is CC(COC(=O)OCC(C)(c1ccccc1)c1ccccc1)(c1ccccc1)c1ccccc1. The van der Waals surface area contributed by atoms with Gasteiger partial charge in [-0.3, -0.25) is 0 Å². The van der Waals surface area contributed by atoms with Crippen LogP contribution in [0.15, 0.2) is 121 Å². The van der Waals surface area contributed by atoms with Crippen LogP contribution in [0.25, 0.3) is 0 Å². The van der Waals surface area contributed by atoms with E-state index in [9.17, 15) is 4.79 Å². The van der Waals surface area contributed by atoms with Crippen LogP contribution >= 0.6 is 0 Å². The topological polar surface area (TPSA) is 35.5 Å². The van der Waals surface area contributed by atoms with Gasteiger partial charge in [0.15, 0.2) is 0 Å². The average molecular weight is 451 g/mol. The summed E-state index contributed by atoms with van der Waals surface area (Å²) in [6, 6.07) is 40.4. The van der Waals surface area contributed by atoms with Crippen molar-refractivity contribution in [1.82, 2.24) is 0 Å². The van der Waals surface area contributed by atoms with Crippen LogP contribution in [0.5, 0.6) is 0 Å². The summed E-state index contributed by atoms with van der Waals surface area (Å²) in [6.07, 6.45) is -0.670. The molecule has 0 aliphatic heterocycles. The highest BCUT2D eigenvalue weighted by atomic mass is 16.7. The summed E-state index contributed by atoms with van der Waals surface area (Å²) in [5, 5.41) is 0. The number of benzene rings is 4. The van der Waals surface area contributed by atoms with E-state index in [2.05, 4.69) is 62.4 Å². The van der Waals surface area contributed by atoms with Gasteiger partial charge in [-0.25, -0.2) is 4.79 Å². The lowest BCUT2D eigenvalue weighted by Crippen LogP contribution is -2.34. The molecular formula is C31H30O3. The number of carbonyl (C=O) groups excluding carboxylic acids is 1. The highest BCUT2D eigenvalue weighted by Gasteiger charge is 2.33. The minimum absolute atomic E-state index is 0.174. The van der Waals surface area contributed by atoms with Gasteiger partial charge < -0.3 is 9.47 Å². The van der Waals surface area contributed by atoms with Crippen LogP contribution in [0.2, 0.25) is 0 Å². The Bertz CT molecular complexity index is 999. The van der Waals surface area contributed by atoms with Gasteiger partial charge in [0, 0.05) is 0 Å². The molecule has 3 heteroatoms. The van der Waals surface area contributed by atoms with E-state index in [1.54, 1.807) is 0 Å². The quantitative estimate of drug-likeness (QED) is 0.267. The minimum Gasteiger partial charge on any atom is -0.433 e. The minimum atomic E-state index is -0.670. The van der Waals surface area contributed by atoms with Crippen LogP contribution in [0.3, 0.4) is 0 Å². The summed E-state index contributed by atoms with van der Waals surface area (Å²) in [5.41, 5.74) is 3.31. The molecule has 0 aliphatic rings. The van der Waals surface area contributed by atoms with Crippen LogP contribution in [0.1, 0.15) is 36.1 Å². The second-order valence-electron chi connectivity index (χ2n) is 8.96. The maximum atomic E-state index is 12.8. The van der Waals surface area contributed by atoms with Crippen molar-refractivity contribution in [2.45, 2.75) is 24.7 Å². The Balaban J connectivity index is 1.51. The molecule has 0 spiro atoms. The van der Waals surface area contributed by atoms with Gasteiger partial charge in [0.05, 0.1) is 10.8 Å². The van der Waals surface area contributed by atoms with E-state index in [0.717, 1.165) is 22.3 Å². The molecule has 4 aromatic rings. The number of hydrogen-bond donors (Lipinski definition) is 0. The number of rotatable bonds is 8. The van der Waals surface area contributed by atoms with Gasteiger partial charge in [-0.15, -0.1) is 0 Å². The Hall–Kier alpha value is -3.85. The van der Waals surface area contributed by atoms with Gasteiger partial charge in [0.1, 0.15) is 13.2 Å². The molecule has 0 fully saturated rings. The van der Waals surface area contributed by atoms with Crippen molar-refractivity contribution in [2.24, 2.45) is 0 Å². The smallest absolute Gasteiger partial charge is 0.433 e. The van der Waals surface area contributed by atoms with Crippen LogP contribution in [-0.2, 0) is 20.3 Å². The number of hydrogen-bond acceptors (Lipinski definition) is 3. The van der Waals surface area contributed by atoms with E-state index in [1.807, 2.05) is 72.8 Å². The molecule has 0 atom stereocenters. The van der Waals surface area contributed by atoms with Crippen LogP contribution in [0.4, 0.5) is 4.79 Å². The van der Waals surface area contributed by atoms with Gasteiger partial charge in [-0.2, -0.15) is 0 Å². The average Bonchev–Trinajstić information content (AvgIpc) is 2.92. The molecule has 0 aromatic heterocycles. The van der Waals surface area contributed by atoms with Crippen LogP contribution in [0, 0.1) is 0 Å². The molecule has 0 saturated heterocycles. The molecular weight excluding hydrogens is 420 g/mol. The van der Waals surface area contributed by atoms with E-state index >= 15 is 0 Å². The largest absolute Gasteiger partial charge is 0.508 e. The number of ether oxygens (including phenoxy) is 2. The fourth-order valence-electron chi connectivity index (χ4n) is 4.34. The molecule has 4 aromatic carbocycles. The second kappa shape index (κ2) is 10.4. The summed E-state index contributed by atoms with van der Waals surface area (Å²) < 4.78 is 11.4. The molecule has 0 unspecified atom stereocenters. The monoisotopic (exact) mass is 450 g/mol. The zero-order valence-electron chi connectivity index (χ0n) is 19.7. The van der Waals surface area contributed by atoms with E-state index in [0.29, 0.717) is 0 Å². The fraction of sp³-hybridized carbons (Fsp3) is 0.194. The standard InChI is InChI=1S/C31H30O3/c1-30(25-15-7-3-8-16-25,26-17-9-4-10-18-26)23-33-29(32)34-24-31(2,27-19-11-5-12-20-27)28-21-13-6-14-22-28/h3-22H,23-24H2,1-2H3. The summed E-state index contributed by atoms with van der Waals surface area (Å²) in [4.78, 5) is 12.8. The summed E-state index contributed by atoms with van der Waals surface area (Å²) in [6.45, 7) is 4.52. The van der Waals surface area contributed by atoms with Crippen molar-refractivity contribution >= 4 is 6.16 Å². The first kappa shape index (κ1) is 23.3. The molecule has 3 nitrogen and oxygen atoms in total. The van der Waals surface area contributed by atoms with Gasteiger partial charge >= 0.3 is 6.16 Å². The molecule has 0 heterocycles. The second-order valence-corrected chi connectivity index (χ2v) is 8.96. The molecule has 0 radical (unpaired) electrons. The van der Waals surface area contributed by atoms with Gasteiger partial charge in [-0.05, 0) is 36.1 Å². The maximum absolute atomic E-state index is 12.8. The predicted octanol–water partition coefficient (Wildman–Crippen LogP) is 7.15. The fourth-order valence-corrected chi connectivity index (χ4v) is 4.34. The van der Waals surface area contributed by atoms with Crippen molar-refractivity contribution in [3.63, 3.8) is 0 Å². The van der Waals surface area contributed by atoms with E-state index in [-0.39, 0.29) is 13.2 Å². The molecule has 4 rings (SSSR count). The van der Waals surface area contributed by atoms with Crippen LogP contribution < -0.4 is 0 Å². The molecule has 0 aliphatic carbocycles. The highest BCUT2D eigenvalue weighted by Crippen LogP contribution is 2.34. The summed E-state index contributed by atoms with van der Waals surface area (Å²) >= 11 is 0. The zero-order chi connectivity index (χ0) is 23.9. The third kappa shape index (κ3) is 5.04. The Morgan fingerprint density at radius 1 is 0.500 bits per heavy atom. The third-order valence-electron chi connectivity index (χ3n) is 6.60. The maximum Gasteiger partial charge on any atom is 0.508 e. The highest BCUT2D eigenvalue weighted by molar-refractivity contribution is 5.60. The Kier molecular flexibility index (Phi) is 7.12. The molecule has 34 heavy (non-hydrogen) atoms. The van der Waals surface area contributed by atoms with E-state index in [4.69, 9.17) is 9.47 Å². The molecule has 0 N–H and O–H groups in total. The Labute approximate surface area is 202 Å². The molecule has 172 valence electrons. The van der Waals surface area contributed by atoms with Crippen molar-refractivity contribution in [1.29, 1.82) is 0 Å². The summed E-state index contributed by atoms with van der Waals surface area (Å²) in [7, 11) is 0. The molecule has 0 amide bonds. The van der Waals surface area contributed by atoms with Crippen molar-refractivity contribution in [3.05, 3.63) is 144 Å². The van der Waals surface area contributed by atoms with Crippen molar-refractivity contribution in [2.75, 3.05) is 13.2 Å². The normalized spacial score (nSPS) is 11.6. The lowest BCUT2D eigenvalue weighted by Gasteiger charge is -2.32. The Morgan fingerprint density at radius 2 is 0.735 bits per heavy atom. The van der Waals surface area contributed by atoms with Gasteiger partial charge in [-0.1, -0.05) is 121 Å². The lowest BCUT2D eigenvalue weighted by molar-refractivity contribution is 0.0354. The van der Waals surface area contributed by atoms with Gasteiger partial charge in [0.2, 0.25) is 0 Å². The zero-order valence-corrected chi connectivity index (χ0v) is 19.7. The predicted molar refractivity (Wildman–Crippen MR) is 136 cm³/mol. The van der Waals surface area contributed by atoms with Crippen LogP contribution in [-0.4, -0.2) is 19.4 Å². The molecule has 0 saturated carbocycles. The first-order chi connectivity index (χ1) is 16.5. The van der Waals surface area contributed by atoms with E-state index in [1.165, 1.54) is 0 Å². The molecule has 0 bridgehead atoms. The Morgan fingerprint density at radius 3 is 0.971 bits per heavy atom. The van der Waals surface area contributed by atoms with Crippen molar-refractivity contribution in [3.8, 4) is 0 Å². The number of carbonyl (C=O) groups is 1. The first-order valence-electron chi connectivity index (χ1n) is 11.5. The summed E-state index contributed by atoms with van der Waals surface area (Å²) in [5.74, 6) is 0. The first-order valence-corrected chi connectivity index (χ1v) is 11.5. The van der Waals surface area contributed by atoms with Gasteiger partial charge in [0.25, 0.3) is 0 Å². The van der Waals surface area contributed by atoms with Crippen molar-refractivity contribution < 1.29 is 14.3 Å². The third-order valence-corrected chi connectivity index (χ3v) is 6.60.